The third-order valence-corrected chi connectivity index (χ3v) is 4.96. The zero-order chi connectivity index (χ0) is 8.48. The molecule has 0 aromatic heterocycles. The third-order valence-electron chi connectivity index (χ3n) is 2.29. The lowest BCUT2D eigenvalue weighted by molar-refractivity contribution is -0.115. The van der Waals surface area contributed by atoms with Crippen molar-refractivity contribution in [3.05, 3.63) is 12.2 Å². The van der Waals surface area contributed by atoms with Crippen LogP contribution in [0.25, 0.3) is 0 Å². The molecule has 11 heavy (non-hydrogen) atoms. The van der Waals surface area contributed by atoms with E-state index in [1.54, 1.807) is 6.08 Å². The van der Waals surface area contributed by atoms with E-state index in [0.29, 0.717) is 11.3 Å². The fourth-order valence-electron chi connectivity index (χ4n) is 1.58. The zero-order valence-electron chi connectivity index (χ0n) is 7.55. The van der Waals surface area contributed by atoms with E-state index in [0.717, 1.165) is 12.8 Å². The molecule has 0 saturated heterocycles. The Morgan fingerprint density at radius 2 is 2.09 bits per heavy atom. The molecule has 0 N–H and O–H groups in total. The lowest BCUT2D eigenvalue weighted by atomic mass is 10.1. The number of rotatable bonds is 1. The summed E-state index contributed by atoms with van der Waals surface area (Å²) < 4.78 is 0. The highest BCUT2D eigenvalue weighted by Gasteiger charge is 2.31. The fraction of sp³-hybridized carbons (Fsp3) is 0.667. The van der Waals surface area contributed by atoms with Crippen molar-refractivity contribution < 1.29 is 4.79 Å². The summed E-state index contributed by atoms with van der Waals surface area (Å²) >= 11 is 0. The quantitative estimate of drug-likeness (QED) is 0.550. The van der Waals surface area contributed by atoms with Crippen LogP contribution < -0.4 is 0 Å². The van der Waals surface area contributed by atoms with Crippen LogP contribution in [0.3, 0.4) is 0 Å². The van der Waals surface area contributed by atoms with Gasteiger partial charge in [0.15, 0.2) is 5.78 Å². The summed E-state index contributed by atoms with van der Waals surface area (Å²) in [5.41, 5.74) is 0.382. The molecular weight excluding hydrogens is 152 g/mol. The average Bonchev–Trinajstić information content (AvgIpc) is 1.86. The number of ketones is 1. The largest absolute Gasteiger partial charge is 0.295 e. The Kier molecular flexibility index (Phi) is 2.33. The molecule has 0 heterocycles. The summed E-state index contributed by atoms with van der Waals surface area (Å²) in [6, 6.07) is 0. The molecule has 0 fully saturated rings. The van der Waals surface area contributed by atoms with Crippen LogP contribution in [0, 0.1) is 0 Å². The standard InChI is InChI=1S/C9H16OSi/c1-11(2,3)9-7-5-4-6-8(9)10/h4,6,9H,5,7H2,1-3H3. The Hall–Kier alpha value is -0.373. The Morgan fingerprint density at radius 3 is 2.45 bits per heavy atom. The first-order valence-corrected chi connectivity index (χ1v) is 7.80. The summed E-state index contributed by atoms with van der Waals surface area (Å²) in [4.78, 5) is 11.4. The first-order valence-electron chi connectivity index (χ1n) is 4.22. The monoisotopic (exact) mass is 168 g/mol. The zero-order valence-corrected chi connectivity index (χ0v) is 8.55. The van der Waals surface area contributed by atoms with E-state index in [4.69, 9.17) is 0 Å². The van der Waals surface area contributed by atoms with Gasteiger partial charge in [-0.2, -0.15) is 0 Å². The number of carbonyl (C=O) groups excluding carboxylic acids is 1. The van der Waals surface area contributed by atoms with Gasteiger partial charge in [0, 0.05) is 5.54 Å². The van der Waals surface area contributed by atoms with E-state index < -0.39 is 8.07 Å². The van der Waals surface area contributed by atoms with Gasteiger partial charge in [-0.3, -0.25) is 4.79 Å². The van der Waals surface area contributed by atoms with E-state index in [1.165, 1.54) is 0 Å². The van der Waals surface area contributed by atoms with Crippen LogP contribution in [-0.2, 0) is 4.79 Å². The Labute approximate surface area is 69.5 Å². The minimum Gasteiger partial charge on any atom is -0.295 e. The first-order chi connectivity index (χ1) is 5.02. The van der Waals surface area contributed by atoms with Crippen molar-refractivity contribution in [3.8, 4) is 0 Å². The Bertz CT molecular complexity index is 188. The maximum atomic E-state index is 11.4. The maximum Gasteiger partial charge on any atom is 0.155 e. The SMILES string of the molecule is C[Si](C)(C)C1CCC=CC1=O. The molecule has 1 atom stereocenters. The summed E-state index contributed by atoms with van der Waals surface area (Å²) in [6.07, 6.45) is 5.96. The van der Waals surface area contributed by atoms with Gasteiger partial charge < -0.3 is 0 Å². The molecule has 0 aromatic rings. The van der Waals surface area contributed by atoms with Crippen LogP contribution in [0.2, 0.25) is 25.2 Å². The second-order valence-corrected chi connectivity index (χ2v) is 9.73. The van der Waals surface area contributed by atoms with Crippen LogP contribution in [0.4, 0.5) is 0 Å². The summed E-state index contributed by atoms with van der Waals surface area (Å²) in [7, 11) is -1.22. The minimum atomic E-state index is -1.22. The normalized spacial score (nSPS) is 25.7. The molecule has 1 aliphatic rings. The average molecular weight is 168 g/mol. The highest BCUT2D eigenvalue weighted by Crippen LogP contribution is 2.30. The first kappa shape index (κ1) is 8.72. The molecule has 1 nitrogen and oxygen atoms in total. The highest BCUT2D eigenvalue weighted by atomic mass is 28.3. The van der Waals surface area contributed by atoms with Crippen LogP contribution >= 0.6 is 0 Å². The van der Waals surface area contributed by atoms with E-state index >= 15 is 0 Å². The van der Waals surface area contributed by atoms with Crippen molar-refractivity contribution in [2.45, 2.75) is 38.0 Å². The van der Waals surface area contributed by atoms with Gasteiger partial charge in [-0.15, -0.1) is 0 Å². The second-order valence-electron chi connectivity index (χ2n) is 4.30. The molecule has 2 heteroatoms. The highest BCUT2D eigenvalue weighted by molar-refractivity contribution is 6.80. The van der Waals surface area contributed by atoms with Gasteiger partial charge in [-0.1, -0.05) is 25.7 Å². The van der Waals surface area contributed by atoms with E-state index in [9.17, 15) is 4.79 Å². The predicted octanol–water partition coefficient (Wildman–Crippen LogP) is 2.61. The Balaban J connectivity index is 2.74. The van der Waals surface area contributed by atoms with Gasteiger partial charge in [-0.05, 0) is 18.9 Å². The number of hydrogen-bond donors (Lipinski definition) is 0. The van der Waals surface area contributed by atoms with Crippen molar-refractivity contribution in [1.82, 2.24) is 0 Å². The third kappa shape index (κ3) is 2.03. The lowest BCUT2D eigenvalue weighted by Crippen LogP contribution is -2.34. The molecule has 0 amide bonds. The van der Waals surface area contributed by atoms with Crippen molar-refractivity contribution in [2.24, 2.45) is 0 Å². The van der Waals surface area contributed by atoms with Gasteiger partial charge in [0.05, 0.1) is 8.07 Å². The summed E-state index contributed by atoms with van der Waals surface area (Å²) in [5, 5.41) is 0. The van der Waals surface area contributed by atoms with Gasteiger partial charge in [0.25, 0.3) is 0 Å². The molecule has 1 aliphatic carbocycles. The summed E-state index contributed by atoms with van der Waals surface area (Å²) in [6.45, 7) is 6.82. The maximum absolute atomic E-state index is 11.4. The van der Waals surface area contributed by atoms with Gasteiger partial charge >= 0.3 is 0 Å². The number of allylic oxidation sites excluding steroid dienone is 2. The number of carbonyl (C=O) groups is 1. The molecule has 0 aliphatic heterocycles. The fourth-order valence-corrected chi connectivity index (χ4v) is 3.56. The van der Waals surface area contributed by atoms with Crippen molar-refractivity contribution >= 4 is 13.9 Å². The molecule has 1 rings (SSSR count). The predicted molar refractivity (Wildman–Crippen MR) is 50.5 cm³/mol. The van der Waals surface area contributed by atoms with Crippen molar-refractivity contribution in [1.29, 1.82) is 0 Å². The molecule has 0 aromatic carbocycles. The van der Waals surface area contributed by atoms with Gasteiger partial charge in [0.1, 0.15) is 0 Å². The summed E-state index contributed by atoms with van der Waals surface area (Å²) in [5.74, 6) is 0.371. The van der Waals surface area contributed by atoms with Crippen LogP contribution in [0.1, 0.15) is 12.8 Å². The van der Waals surface area contributed by atoms with Crippen LogP contribution in [0.15, 0.2) is 12.2 Å². The van der Waals surface area contributed by atoms with Crippen LogP contribution in [0.5, 0.6) is 0 Å². The van der Waals surface area contributed by atoms with E-state index in [1.807, 2.05) is 6.08 Å². The topological polar surface area (TPSA) is 17.1 Å². The van der Waals surface area contributed by atoms with E-state index in [-0.39, 0.29) is 0 Å². The van der Waals surface area contributed by atoms with E-state index in [2.05, 4.69) is 19.6 Å². The molecule has 62 valence electrons. The van der Waals surface area contributed by atoms with Gasteiger partial charge in [-0.25, -0.2) is 0 Å². The molecule has 0 radical (unpaired) electrons. The van der Waals surface area contributed by atoms with Crippen molar-refractivity contribution in [3.63, 3.8) is 0 Å². The van der Waals surface area contributed by atoms with Gasteiger partial charge in [0.2, 0.25) is 0 Å². The van der Waals surface area contributed by atoms with Crippen LogP contribution in [-0.4, -0.2) is 13.9 Å². The molecule has 1 unspecified atom stereocenters. The molecular formula is C9H16OSi. The molecule has 0 spiro atoms. The molecule has 0 saturated carbocycles. The minimum absolute atomic E-state index is 0.371. The Morgan fingerprint density at radius 1 is 1.45 bits per heavy atom. The van der Waals surface area contributed by atoms with Crippen molar-refractivity contribution in [2.75, 3.05) is 0 Å². The number of hydrogen-bond acceptors (Lipinski definition) is 1. The smallest absolute Gasteiger partial charge is 0.155 e. The second kappa shape index (κ2) is 2.93. The molecule has 0 bridgehead atoms. The lowest BCUT2D eigenvalue weighted by Gasteiger charge is -2.28.